The molecule has 6 nitrogen and oxygen atoms in total. The summed E-state index contributed by atoms with van der Waals surface area (Å²) in [5, 5.41) is 5.13. The molecule has 0 saturated carbocycles. The van der Waals surface area contributed by atoms with Crippen molar-refractivity contribution in [1.82, 2.24) is 10.2 Å². The summed E-state index contributed by atoms with van der Waals surface area (Å²) >= 11 is 0. The van der Waals surface area contributed by atoms with E-state index in [0.717, 1.165) is 29.2 Å². The van der Waals surface area contributed by atoms with Crippen molar-refractivity contribution >= 4 is 23.0 Å². The Morgan fingerprint density at radius 1 is 1.07 bits per heavy atom. The molecule has 150 valence electrons. The van der Waals surface area contributed by atoms with Gasteiger partial charge in [-0.2, -0.15) is 0 Å². The SMILES string of the molecule is CCOC(=O)NCC1CCN(C(=O)OCC)C(c2cccc3ccccc23)C1. The number of amides is 2. The average molecular weight is 384 g/mol. The van der Waals surface area contributed by atoms with E-state index in [9.17, 15) is 9.59 Å². The number of nitrogens with zero attached hydrogens (tertiary/aromatic N) is 1. The first kappa shape index (κ1) is 20.0. The third-order valence-corrected chi connectivity index (χ3v) is 5.21. The number of rotatable bonds is 5. The number of benzene rings is 2. The molecule has 1 fully saturated rings. The molecule has 1 aliphatic heterocycles. The summed E-state index contributed by atoms with van der Waals surface area (Å²) in [6, 6.07) is 14.3. The molecule has 2 aromatic carbocycles. The normalized spacial score (nSPS) is 19.3. The minimum absolute atomic E-state index is 0.0899. The maximum absolute atomic E-state index is 12.6. The Hall–Kier alpha value is -2.76. The van der Waals surface area contributed by atoms with E-state index in [1.807, 2.05) is 30.0 Å². The van der Waals surface area contributed by atoms with Gasteiger partial charge < -0.3 is 19.7 Å². The summed E-state index contributed by atoms with van der Waals surface area (Å²) in [7, 11) is 0. The van der Waals surface area contributed by atoms with Gasteiger partial charge >= 0.3 is 12.2 Å². The van der Waals surface area contributed by atoms with E-state index < -0.39 is 6.09 Å². The Bertz CT molecular complexity index is 818. The van der Waals surface area contributed by atoms with E-state index in [1.54, 1.807) is 6.92 Å². The van der Waals surface area contributed by atoms with E-state index >= 15 is 0 Å². The van der Waals surface area contributed by atoms with Crippen LogP contribution in [0.5, 0.6) is 0 Å². The molecule has 2 unspecified atom stereocenters. The molecule has 28 heavy (non-hydrogen) atoms. The molecule has 2 atom stereocenters. The Balaban J connectivity index is 1.85. The van der Waals surface area contributed by atoms with Crippen molar-refractivity contribution in [1.29, 1.82) is 0 Å². The Labute approximate surface area is 165 Å². The third kappa shape index (κ3) is 4.55. The minimum atomic E-state index is -0.392. The molecule has 0 aliphatic carbocycles. The van der Waals surface area contributed by atoms with Gasteiger partial charge in [0.2, 0.25) is 0 Å². The van der Waals surface area contributed by atoms with Crippen molar-refractivity contribution in [3.8, 4) is 0 Å². The van der Waals surface area contributed by atoms with Crippen molar-refractivity contribution in [2.45, 2.75) is 32.7 Å². The van der Waals surface area contributed by atoms with Crippen molar-refractivity contribution in [3.05, 3.63) is 48.0 Å². The standard InChI is InChI=1S/C22H28N2O4/c1-3-27-21(25)23-15-16-12-13-24(22(26)28-4-2)20(14-16)19-11-7-9-17-8-5-6-10-18(17)19/h5-11,16,20H,3-4,12-15H2,1-2H3,(H,23,25). The van der Waals surface area contributed by atoms with Crippen molar-refractivity contribution in [2.24, 2.45) is 5.92 Å². The van der Waals surface area contributed by atoms with Crippen molar-refractivity contribution in [3.63, 3.8) is 0 Å². The van der Waals surface area contributed by atoms with E-state index in [4.69, 9.17) is 9.47 Å². The molecule has 0 aromatic heterocycles. The van der Waals surface area contributed by atoms with Crippen LogP contribution in [-0.2, 0) is 9.47 Å². The highest BCUT2D eigenvalue weighted by Crippen LogP contribution is 2.37. The zero-order chi connectivity index (χ0) is 19.9. The van der Waals surface area contributed by atoms with Gasteiger partial charge in [-0.05, 0) is 48.9 Å². The number of hydrogen-bond acceptors (Lipinski definition) is 4. The van der Waals surface area contributed by atoms with E-state index in [-0.39, 0.29) is 18.1 Å². The van der Waals surface area contributed by atoms with Gasteiger partial charge in [-0.25, -0.2) is 9.59 Å². The summed E-state index contributed by atoms with van der Waals surface area (Å²) in [5.41, 5.74) is 1.12. The van der Waals surface area contributed by atoms with E-state index in [2.05, 4.69) is 29.6 Å². The second-order valence-corrected chi connectivity index (χ2v) is 6.97. The summed E-state index contributed by atoms with van der Waals surface area (Å²) in [6.07, 6.45) is 0.903. The summed E-state index contributed by atoms with van der Waals surface area (Å²) in [5.74, 6) is 0.263. The quantitative estimate of drug-likeness (QED) is 0.824. The van der Waals surface area contributed by atoms with Crippen LogP contribution in [0, 0.1) is 5.92 Å². The van der Waals surface area contributed by atoms with Gasteiger partial charge in [0.05, 0.1) is 19.3 Å². The highest BCUT2D eigenvalue weighted by Gasteiger charge is 2.34. The number of fused-ring (bicyclic) bond motifs is 1. The lowest BCUT2D eigenvalue weighted by Crippen LogP contribution is -2.44. The largest absolute Gasteiger partial charge is 0.450 e. The fourth-order valence-electron chi connectivity index (χ4n) is 3.89. The maximum Gasteiger partial charge on any atom is 0.410 e. The zero-order valence-electron chi connectivity index (χ0n) is 16.5. The monoisotopic (exact) mass is 384 g/mol. The van der Waals surface area contributed by atoms with Crippen LogP contribution in [0.2, 0.25) is 0 Å². The van der Waals surface area contributed by atoms with Gasteiger partial charge in [0.15, 0.2) is 0 Å². The zero-order valence-corrected chi connectivity index (χ0v) is 16.5. The van der Waals surface area contributed by atoms with Crippen LogP contribution in [0.25, 0.3) is 10.8 Å². The molecule has 2 aromatic rings. The molecule has 3 rings (SSSR count). The summed E-state index contributed by atoms with van der Waals surface area (Å²) in [6.45, 7) is 5.45. The molecule has 1 N–H and O–H groups in total. The van der Waals surface area contributed by atoms with Gasteiger partial charge in [-0.1, -0.05) is 42.5 Å². The van der Waals surface area contributed by atoms with Gasteiger partial charge in [-0.15, -0.1) is 0 Å². The number of carbonyl (C=O) groups is 2. The van der Waals surface area contributed by atoms with Crippen LogP contribution in [0.4, 0.5) is 9.59 Å². The third-order valence-electron chi connectivity index (χ3n) is 5.21. The maximum atomic E-state index is 12.6. The van der Waals surface area contributed by atoms with E-state index in [0.29, 0.717) is 26.3 Å². The second kappa shape index (κ2) is 9.44. The molecular weight excluding hydrogens is 356 g/mol. The smallest absolute Gasteiger partial charge is 0.410 e. The second-order valence-electron chi connectivity index (χ2n) is 6.97. The van der Waals surface area contributed by atoms with Gasteiger partial charge in [0.1, 0.15) is 0 Å². The Morgan fingerprint density at radius 2 is 1.82 bits per heavy atom. The predicted octanol–water partition coefficient (Wildman–Crippen LogP) is 4.50. The number of piperidine rings is 1. The van der Waals surface area contributed by atoms with Gasteiger partial charge in [0, 0.05) is 13.1 Å². The highest BCUT2D eigenvalue weighted by molar-refractivity contribution is 5.86. The van der Waals surface area contributed by atoms with Crippen LogP contribution < -0.4 is 5.32 Å². The highest BCUT2D eigenvalue weighted by atomic mass is 16.6. The average Bonchev–Trinajstić information content (AvgIpc) is 2.72. The molecule has 2 amide bonds. The van der Waals surface area contributed by atoms with Crippen LogP contribution in [-0.4, -0.2) is 43.4 Å². The predicted molar refractivity (Wildman–Crippen MR) is 108 cm³/mol. The molecule has 1 heterocycles. The van der Waals surface area contributed by atoms with Gasteiger partial charge in [0.25, 0.3) is 0 Å². The number of likely N-dealkylation sites (tertiary alicyclic amines) is 1. The first-order chi connectivity index (χ1) is 13.6. The molecule has 1 saturated heterocycles. The number of alkyl carbamates (subject to hydrolysis) is 1. The number of carbonyl (C=O) groups excluding carboxylic acids is 2. The molecule has 0 radical (unpaired) electrons. The van der Waals surface area contributed by atoms with Crippen LogP contribution in [0.1, 0.15) is 38.3 Å². The topological polar surface area (TPSA) is 67.9 Å². The first-order valence-electron chi connectivity index (χ1n) is 9.95. The Morgan fingerprint density at radius 3 is 2.61 bits per heavy atom. The molecule has 6 heteroatoms. The van der Waals surface area contributed by atoms with Crippen LogP contribution in [0.15, 0.2) is 42.5 Å². The lowest BCUT2D eigenvalue weighted by atomic mass is 9.85. The fourth-order valence-corrected chi connectivity index (χ4v) is 3.89. The van der Waals surface area contributed by atoms with Crippen LogP contribution in [0.3, 0.4) is 0 Å². The molecule has 0 bridgehead atoms. The van der Waals surface area contributed by atoms with Crippen molar-refractivity contribution < 1.29 is 19.1 Å². The summed E-state index contributed by atoms with van der Waals surface area (Å²) in [4.78, 5) is 26.1. The molecule has 0 spiro atoms. The van der Waals surface area contributed by atoms with E-state index in [1.165, 1.54) is 0 Å². The number of hydrogen-bond donors (Lipinski definition) is 1. The van der Waals surface area contributed by atoms with Crippen molar-refractivity contribution in [2.75, 3.05) is 26.3 Å². The molecular formula is C22H28N2O4. The van der Waals surface area contributed by atoms with Gasteiger partial charge in [-0.3, -0.25) is 0 Å². The number of nitrogens with one attached hydrogen (secondary N) is 1. The lowest BCUT2D eigenvalue weighted by molar-refractivity contribution is 0.0639. The first-order valence-corrected chi connectivity index (χ1v) is 9.95. The number of ether oxygens (including phenoxy) is 2. The minimum Gasteiger partial charge on any atom is -0.450 e. The Kier molecular flexibility index (Phi) is 6.74. The molecule has 1 aliphatic rings. The lowest BCUT2D eigenvalue weighted by Gasteiger charge is -2.39. The summed E-state index contributed by atoms with van der Waals surface area (Å²) < 4.78 is 10.3. The van der Waals surface area contributed by atoms with Crippen LogP contribution >= 0.6 is 0 Å². The fraction of sp³-hybridized carbons (Fsp3) is 0.455.